The number of nitrogens with one attached hydrogen (secondary N) is 1. The second kappa shape index (κ2) is 21.5. The number of likely N-dealkylation sites (tertiary alicyclic amines) is 1. The van der Waals surface area contributed by atoms with Crippen molar-refractivity contribution in [2.75, 3.05) is 67.6 Å². The number of nitrogens with two attached hydrogens (primary N) is 1. The highest BCUT2D eigenvalue weighted by molar-refractivity contribution is 5.83. The lowest BCUT2D eigenvalue weighted by molar-refractivity contribution is -0.159. The van der Waals surface area contributed by atoms with Crippen molar-refractivity contribution in [3.8, 4) is 11.5 Å². The number of piperidine rings is 1. The van der Waals surface area contributed by atoms with Gasteiger partial charge in [-0.3, -0.25) is 19.3 Å². The Balaban J connectivity index is 1.81. The third kappa shape index (κ3) is 13.3. The molecule has 2 saturated heterocycles. The molecule has 1 aromatic carbocycles. The molecule has 306 valence electrons. The van der Waals surface area contributed by atoms with E-state index in [1.165, 1.54) is 0 Å². The number of nitrogens with zero attached hydrogens (tertiary/aromatic N) is 2. The quantitative estimate of drug-likeness (QED) is 0.102. The van der Waals surface area contributed by atoms with E-state index in [1.807, 2.05) is 39.1 Å². The maximum Gasteiger partial charge on any atom is 0.414 e. The Morgan fingerprint density at radius 2 is 1.69 bits per heavy atom. The number of hydrogen-bond donors (Lipinski definition) is 2. The topological polar surface area (TPSA) is 168 Å². The Bertz CT molecular complexity index is 1360. The fraction of sp³-hybridized carbons (Fsp3) is 0.750. The van der Waals surface area contributed by atoms with E-state index in [4.69, 9.17) is 34.2 Å². The molecule has 3 rings (SSSR count). The second-order valence-corrected chi connectivity index (χ2v) is 16.1. The Hall–Kier alpha value is -3.62. The van der Waals surface area contributed by atoms with Gasteiger partial charge in [-0.15, -0.1) is 0 Å². The molecule has 14 nitrogen and oxygen atoms in total. The molecule has 2 fully saturated rings. The molecular formula is C40H66N4O10. The van der Waals surface area contributed by atoms with Gasteiger partial charge in [0.15, 0.2) is 11.5 Å². The molecule has 54 heavy (non-hydrogen) atoms. The molecule has 0 bridgehead atoms. The fourth-order valence-corrected chi connectivity index (χ4v) is 6.87. The number of carbonyl (C=O) groups excluding carboxylic acids is 4. The molecule has 3 N–H and O–H groups in total. The van der Waals surface area contributed by atoms with Gasteiger partial charge < -0.3 is 44.4 Å². The van der Waals surface area contributed by atoms with Crippen LogP contribution in [0.2, 0.25) is 0 Å². The fourth-order valence-electron chi connectivity index (χ4n) is 6.87. The number of benzene rings is 1. The highest BCUT2D eigenvalue weighted by Crippen LogP contribution is 2.36. The number of rotatable bonds is 21. The van der Waals surface area contributed by atoms with Crippen LogP contribution < -0.4 is 20.5 Å². The average molecular weight is 763 g/mol. The minimum Gasteiger partial charge on any atom is -0.493 e. The average Bonchev–Trinajstić information content (AvgIpc) is 3.53. The van der Waals surface area contributed by atoms with E-state index >= 15 is 0 Å². The second-order valence-electron chi connectivity index (χ2n) is 16.1. The molecule has 1 aromatic rings. The summed E-state index contributed by atoms with van der Waals surface area (Å²) in [6.07, 6.45) is 2.59. The molecule has 0 spiro atoms. The summed E-state index contributed by atoms with van der Waals surface area (Å²) in [6.45, 7) is 13.9. The lowest BCUT2D eigenvalue weighted by Crippen LogP contribution is -2.47. The molecule has 0 aliphatic carbocycles. The van der Waals surface area contributed by atoms with Crippen molar-refractivity contribution in [2.45, 2.75) is 92.2 Å². The van der Waals surface area contributed by atoms with Crippen molar-refractivity contribution in [1.29, 1.82) is 0 Å². The normalized spacial score (nSPS) is 19.4. The molecule has 2 aliphatic rings. The zero-order valence-electron chi connectivity index (χ0n) is 34.0. The van der Waals surface area contributed by atoms with E-state index in [-0.39, 0.29) is 48.8 Å². The molecule has 2 aliphatic heterocycles. The van der Waals surface area contributed by atoms with E-state index in [0.29, 0.717) is 56.8 Å². The van der Waals surface area contributed by atoms with E-state index in [0.717, 1.165) is 25.1 Å². The molecular weight excluding hydrogens is 696 g/mol. The van der Waals surface area contributed by atoms with Gasteiger partial charge in [0.1, 0.15) is 6.73 Å². The predicted octanol–water partition coefficient (Wildman–Crippen LogP) is 4.61. The standard InChI is InChI=1S/C40H66N4O10/c1-26(2)30(19-28-11-12-33(50-9)35(20-28)51-18-10-17-49-8)21-32-34(22-31(27(3)4)36(45)42-23-40(5,6)38(41)47)52-24-44(32)39(48)54-25-53-37(46)29-13-15-43(7)16-14-29/h11-12,20,26-27,29-32,34H,10,13-19,21-25H2,1-9H3,(H2,41,47)(H,42,45)/t30-,31-,32-,34-/m0/s1. The lowest BCUT2D eigenvalue weighted by Gasteiger charge is -2.33. The maximum atomic E-state index is 13.7. The monoisotopic (exact) mass is 762 g/mol. The van der Waals surface area contributed by atoms with Crippen LogP contribution >= 0.6 is 0 Å². The van der Waals surface area contributed by atoms with Gasteiger partial charge in [0.25, 0.3) is 0 Å². The Morgan fingerprint density at radius 3 is 2.30 bits per heavy atom. The first-order chi connectivity index (χ1) is 25.6. The van der Waals surface area contributed by atoms with Crippen molar-refractivity contribution in [3.05, 3.63) is 23.8 Å². The van der Waals surface area contributed by atoms with Crippen molar-refractivity contribution in [2.24, 2.45) is 40.7 Å². The van der Waals surface area contributed by atoms with Crippen LogP contribution in [-0.4, -0.2) is 113 Å². The SMILES string of the molecule is COCCCOc1cc(C[C@@H](C[C@H]2[C@H](C[C@H](C(=O)NCC(C)(C)C(N)=O)C(C)C)OCN2C(=O)OCOC(=O)C2CCN(C)CC2)C(C)C)ccc1OC. The van der Waals surface area contributed by atoms with Crippen LogP contribution in [0.4, 0.5) is 4.79 Å². The molecule has 0 aromatic heterocycles. The number of esters is 1. The summed E-state index contributed by atoms with van der Waals surface area (Å²) in [5.74, 6) is -0.225. The van der Waals surface area contributed by atoms with Crippen molar-refractivity contribution in [1.82, 2.24) is 15.1 Å². The van der Waals surface area contributed by atoms with Gasteiger partial charge in [0, 0.05) is 32.6 Å². The van der Waals surface area contributed by atoms with E-state index in [2.05, 4.69) is 24.1 Å². The molecule has 2 heterocycles. The van der Waals surface area contributed by atoms with Gasteiger partial charge in [-0.1, -0.05) is 33.8 Å². The largest absolute Gasteiger partial charge is 0.493 e. The predicted molar refractivity (Wildman–Crippen MR) is 204 cm³/mol. The van der Waals surface area contributed by atoms with Gasteiger partial charge in [-0.25, -0.2) is 4.79 Å². The Morgan fingerprint density at radius 1 is 0.981 bits per heavy atom. The summed E-state index contributed by atoms with van der Waals surface area (Å²) in [6, 6.07) is 5.49. The molecule has 0 unspecified atom stereocenters. The zero-order chi connectivity index (χ0) is 40.0. The molecule has 4 atom stereocenters. The first-order valence-electron chi connectivity index (χ1n) is 19.3. The van der Waals surface area contributed by atoms with Crippen LogP contribution in [0.3, 0.4) is 0 Å². The number of hydrogen-bond acceptors (Lipinski definition) is 11. The zero-order valence-corrected chi connectivity index (χ0v) is 34.0. The third-order valence-corrected chi connectivity index (χ3v) is 10.9. The molecule has 3 amide bonds. The van der Waals surface area contributed by atoms with Gasteiger partial charge in [-0.2, -0.15) is 0 Å². The minimum atomic E-state index is -0.915. The first-order valence-corrected chi connectivity index (χ1v) is 19.3. The first kappa shape index (κ1) is 44.8. The lowest BCUT2D eigenvalue weighted by atomic mass is 9.80. The van der Waals surface area contributed by atoms with Crippen LogP contribution in [-0.2, 0) is 39.8 Å². The Labute approximate surface area is 322 Å². The number of carbonyl (C=O) groups is 4. The van der Waals surface area contributed by atoms with Gasteiger partial charge >= 0.3 is 12.1 Å². The van der Waals surface area contributed by atoms with Crippen LogP contribution in [0.15, 0.2) is 18.2 Å². The highest BCUT2D eigenvalue weighted by Gasteiger charge is 2.43. The van der Waals surface area contributed by atoms with Crippen LogP contribution in [0, 0.1) is 35.0 Å². The minimum absolute atomic E-state index is 0.0367. The van der Waals surface area contributed by atoms with Gasteiger partial charge in [0.2, 0.25) is 18.6 Å². The number of ether oxygens (including phenoxy) is 6. The van der Waals surface area contributed by atoms with Crippen LogP contribution in [0.5, 0.6) is 11.5 Å². The molecule has 14 heteroatoms. The number of methoxy groups -OCH3 is 2. The summed E-state index contributed by atoms with van der Waals surface area (Å²) in [5.41, 5.74) is 5.69. The highest BCUT2D eigenvalue weighted by atomic mass is 16.7. The summed E-state index contributed by atoms with van der Waals surface area (Å²) in [7, 11) is 5.29. The summed E-state index contributed by atoms with van der Waals surface area (Å²) < 4.78 is 34.0. The maximum absolute atomic E-state index is 13.7. The van der Waals surface area contributed by atoms with Crippen molar-refractivity contribution < 1.29 is 47.6 Å². The molecule has 0 radical (unpaired) electrons. The number of primary amides is 1. The van der Waals surface area contributed by atoms with Gasteiger partial charge in [-0.05, 0) is 102 Å². The van der Waals surface area contributed by atoms with Gasteiger partial charge in [0.05, 0.1) is 37.2 Å². The summed E-state index contributed by atoms with van der Waals surface area (Å²) in [5, 5.41) is 2.92. The van der Waals surface area contributed by atoms with Crippen molar-refractivity contribution >= 4 is 23.9 Å². The van der Waals surface area contributed by atoms with Crippen LogP contribution in [0.1, 0.15) is 79.2 Å². The van der Waals surface area contributed by atoms with E-state index < -0.39 is 42.3 Å². The van der Waals surface area contributed by atoms with E-state index in [1.54, 1.807) is 33.0 Å². The molecule has 0 saturated carbocycles. The summed E-state index contributed by atoms with van der Waals surface area (Å²) >= 11 is 0. The summed E-state index contributed by atoms with van der Waals surface area (Å²) in [4.78, 5) is 55.6. The van der Waals surface area contributed by atoms with E-state index in [9.17, 15) is 19.2 Å². The Kier molecular flexibility index (Phi) is 17.8. The van der Waals surface area contributed by atoms with Crippen LogP contribution in [0.25, 0.3) is 0 Å². The smallest absolute Gasteiger partial charge is 0.414 e. The number of amides is 3. The third-order valence-electron chi connectivity index (χ3n) is 10.9. The van der Waals surface area contributed by atoms with Crippen molar-refractivity contribution in [3.63, 3.8) is 0 Å².